The molecule has 0 radical (unpaired) electrons. The first-order valence-electron chi connectivity index (χ1n) is 9.60. The molecule has 0 spiro atoms. The lowest BCUT2D eigenvalue weighted by Crippen LogP contribution is -2.44. The second-order valence-corrected chi connectivity index (χ2v) is 7.02. The van der Waals surface area contributed by atoms with Gasteiger partial charge in [0, 0.05) is 49.9 Å². The fraction of sp³-hybridized carbons (Fsp3) is 0.286. The van der Waals surface area contributed by atoms with Crippen LogP contribution in [0, 0.1) is 0 Å². The quantitative estimate of drug-likeness (QED) is 0.667. The lowest BCUT2D eigenvalue weighted by molar-refractivity contribution is 0.102. The molecule has 2 aromatic heterocycles. The van der Waals surface area contributed by atoms with E-state index in [0.29, 0.717) is 18.1 Å². The van der Waals surface area contributed by atoms with Crippen molar-refractivity contribution in [3.8, 4) is 0 Å². The van der Waals surface area contributed by atoms with Gasteiger partial charge in [0.1, 0.15) is 5.76 Å². The van der Waals surface area contributed by atoms with Crippen LogP contribution in [0.15, 0.2) is 59.5 Å². The van der Waals surface area contributed by atoms with Crippen molar-refractivity contribution in [3.05, 3.63) is 66.4 Å². The first kappa shape index (κ1) is 18.9. The number of hydrogen-bond donors (Lipinski definition) is 2. The molecular weight excluding hydrogens is 368 g/mol. The molecule has 0 saturated carbocycles. The average molecular weight is 392 g/mol. The summed E-state index contributed by atoms with van der Waals surface area (Å²) in [6.45, 7) is 4.63. The Morgan fingerprint density at radius 1 is 1.07 bits per heavy atom. The predicted octanol–water partition coefficient (Wildman–Crippen LogP) is 2.69. The maximum absolute atomic E-state index is 12.5. The number of anilines is 3. The molecule has 150 valence electrons. The van der Waals surface area contributed by atoms with E-state index in [1.54, 1.807) is 6.26 Å². The van der Waals surface area contributed by atoms with Crippen molar-refractivity contribution in [3.63, 3.8) is 0 Å². The van der Waals surface area contributed by atoms with Crippen LogP contribution in [0.2, 0.25) is 0 Å². The molecular formula is C21H24N6O2. The highest BCUT2D eigenvalue weighted by Crippen LogP contribution is 2.19. The van der Waals surface area contributed by atoms with Gasteiger partial charge in [-0.2, -0.15) is 0 Å². The molecule has 2 N–H and O–H groups in total. The number of carbonyl (C=O) groups is 1. The maximum Gasteiger partial charge on any atom is 0.258 e. The molecule has 1 aromatic carbocycles. The third-order valence-electron chi connectivity index (χ3n) is 4.91. The van der Waals surface area contributed by atoms with Crippen LogP contribution in [-0.4, -0.2) is 54.0 Å². The number of amides is 1. The summed E-state index contributed by atoms with van der Waals surface area (Å²) in [7, 11) is 2.14. The van der Waals surface area contributed by atoms with Crippen LogP contribution in [-0.2, 0) is 6.54 Å². The normalized spacial score (nSPS) is 14.6. The van der Waals surface area contributed by atoms with Crippen molar-refractivity contribution in [2.45, 2.75) is 6.54 Å². The molecule has 0 atom stereocenters. The fourth-order valence-corrected chi connectivity index (χ4v) is 3.14. The van der Waals surface area contributed by atoms with Crippen molar-refractivity contribution in [2.75, 3.05) is 48.8 Å². The Kier molecular flexibility index (Phi) is 5.71. The zero-order valence-corrected chi connectivity index (χ0v) is 16.3. The topological polar surface area (TPSA) is 86.5 Å². The first-order chi connectivity index (χ1) is 14.2. The molecule has 0 aliphatic carbocycles. The molecule has 4 rings (SSSR count). The minimum atomic E-state index is -0.241. The largest absolute Gasteiger partial charge is 0.467 e. The van der Waals surface area contributed by atoms with Crippen LogP contribution in [0.4, 0.5) is 17.3 Å². The summed E-state index contributed by atoms with van der Waals surface area (Å²) in [5.74, 6) is 0.986. The predicted molar refractivity (Wildman–Crippen MR) is 112 cm³/mol. The van der Waals surface area contributed by atoms with E-state index < -0.39 is 0 Å². The first-order valence-corrected chi connectivity index (χ1v) is 9.60. The van der Waals surface area contributed by atoms with Gasteiger partial charge in [-0.15, -0.1) is 0 Å². The highest BCUT2D eigenvalue weighted by molar-refractivity contribution is 6.03. The van der Waals surface area contributed by atoms with Gasteiger partial charge >= 0.3 is 0 Å². The Bertz CT molecular complexity index is 917. The number of rotatable bonds is 6. The zero-order chi connectivity index (χ0) is 20.1. The zero-order valence-electron chi connectivity index (χ0n) is 16.3. The molecule has 8 nitrogen and oxygen atoms in total. The number of nitrogens with zero attached hydrogens (tertiary/aromatic N) is 4. The van der Waals surface area contributed by atoms with Gasteiger partial charge < -0.3 is 24.9 Å². The molecule has 1 amide bonds. The van der Waals surface area contributed by atoms with Gasteiger partial charge in [0.25, 0.3) is 5.91 Å². The molecule has 1 fully saturated rings. The number of benzene rings is 1. The van der Waals surface area contributed by atoms with Gasteiger partial charge in [-0.05, 0) is 43.4 Å². The Morgan fingerprint density at radius 3 is 2.45 bits per heavy atom. The van der Waals surface area contributed by atoms with Gasteiger partial charge in [0.05, 0.1) is 18.4 Å². The lowest BCUT2D eigenvalue weighted by atomic mass is 10.2. The highest BCUT2D eigenvalue weighted by atomic mass is 16.3. The van der Waals surface area contributed by atoms with Crippen LogP contribution in [0.5, 0.6) is 0 Å². The van der Waals surface area contributed by atoms with E-state index in [0.717, 1.165) is 37.6 Å². The van der Waals surface area contributed by atoms with Crippen LogP contribution in [0.25, 0.3) is 0 Å². The summed E-state index contributed by atoms with van der Waals surface area (Å²) >= 11 is 0. The molecule has 1 aliphatic heterocycles. The minimum absolute atomic E-state index is 0.241. The van der Waals surface area contributed by atoms with E-state index in [1.807, 2.05) is 36.4 Å². The van der Waals surface area contributed by atoms with E-state index in [2.05, 4.69) is 37.4 Å². The summed E-state index contributed by atoms with van der Waals surface area (Å²) in [5, 5.41) is 5.94. The van der Waals surface area contributed by atoms with Crippen LogP contribution < -0.4 is 15.5 Å². The Labute approximate surface area is 169 Å². The summed E-state index contributed by atoms with van der Waals surface area (Å²) < 4.78 is 5.25. The number of likely N-dealkylation sites (N-methyl/N-ethyl adjacent to an activating group) is 1. The van der Waals surface area contributed by atoms with Gasteiger partial charge in [-0.25, -0.2) is 9.97 Å². The van der Waals surface area contributed by atoms with Crippen molar-refractivity contribution in [1.82, 2.24) is 14.9 Å². The Hall–Kier alpha value is -3.39. The molecule has 29 heavy (non-hydrogen) atoms. The number of hydrogen-bond acceptors (Lipinski definition) is 7. The summed E-state index contributed by atoms with van der Waals surface area (Å²) in [5.41, 5.74) is 2.32. The summed E-state index contributed by atoms with van der Waals surface area (Å²) in [6.07, 6.45) is 4.62. The molecule has 8 heteroatoms. The number of piperazine rings is 1. The molecule has 1 aliphatic rings. The smallest absolute Gasteiger partial charge is 0.258 e. The SMILES string of the molecule is CN1CCN(c2ccc(NC(=O)c3cnc(NCc4ccco4)nc3)cc2)CC1. The van der Waals surface area contributed by atoms with E-state index in [-0.39, 0.29) is 5.91 Å². The van der Waals surface area contributed by atoms with Crippen molar-refractivity contribution < 1.29 is 9.21 Å². The van der Waals surface area contributed by atoms with Crippen molar-refractivity contribution >= 4 is 23.2 Å². The van der Waals surface area contributed by atoms with Crippen molar-refractivity contribution in [2.24, 2.45) is 0 Å². The summed E-state index contributed by atoms with van der Waals surface area (Å²) in [4.78, 5) is 25.5. The molecule has 0 bridgehead atoms. The lowest BCUT2D eigenvalue weighted by Gasteiger charge is -2.34. The molecule has 0 unspecified atom stereocenters. The highest BCUT2D eigenvalue weighted by Gasteiger charge is 2.14. The second kappa shape index (κ2) is 8.74. The average Bonchev–Trinajstić information content (AvgIpc) is 3.27. The number of aromatic nitrogens is 2. The Morgan fingerprint density at radius 2 is 1.79 bits per heavy atom. The number of carbonyl (C=O) groups excluding carboxylic acids is 1. The maximum atomic E-state index is 12.5. The minimum Gasteiger partial charge on any atom is -0.467 e. The van der Waals surface area contributed by atoms with Gasteiger partial charge in [-0.3, -0.25) is 4.79 Å². The van der Waals surface area contributed by atoms with E-state index in [9.17, 15) is 4.79 Å². The van der Waals surface area contributed by atoms with E-state index >= 15 is 0 Å². The van der Waals surface area contributed by atoms with Gasteiger partial charge in [0.15, 0.2) is 0 Å². The van der Waals surface area contributed by atoms with E-state index in [4.69, 9.17) is 4.42 Å². The fourth-order valence-electron chi connectivity index (χ4n) is 3.14. The number of nitrogens with one attached hydrogen (secondary N) is 2. The summed E-state index contributed by atoms with van der Waals surface area (Å²) in [6, 6.07) is 11.6. The van der Waals surface area contributed by atoms with Crippen LogP contribution >= 0.6 is 0 Å². The van der Waals surface area contributed by atoms with Crippen LogP contribution in [0.3, 0.4) is 0 Å². The molecule has 1 saturated heterocycles. The van der Waals surface area contributed by atoms with Crippen molar-refractivity contribution in [1.29, 1.82) is 0 Å². The molecule has 3 heterocycles. The standard InChI is InChI=1S/C21H24N6O2/c1-26-8-10-27(11-9-26)18-6-4-17(5-7-18)25-20(28)16-13-22-21(23-14-16)24-15-19-3-2-12-29-19/h2-7,12-14H,8-11,15H2,1H3,(H,25,28)(H,22,23,24). The third-order valence-corrected chi connectivity index (χ3v) is 4.91. The van der Waals surface area contributed by atoms with E-state index in [1.165, 1.54) is 18.1 Å². The monoisotopic (exact) mass is 392 g/mol. The van der Waals surface area contributed by atoms with Crippen LogP contribution in [0.1, 0.15) is 16.1 Å². The number of furan rings is 1. The van der Waals surface area contributed by atoms with Gasteiger partial charge in [-0.1, -0.05) is 0 Å². The third kappa shape index (κ3) is 4.91. The molecule has 3 aromatic rings. The Balaban J connectivity index is 1.31. The second-order valence-electron chi connectivity index (χ2n) is 7.02. The van der Waals surface area contributed by atoms with Gasteiger partial charge in [0.2, 0.25) is 5.95 Å².